The first-order chi connectivity index (χ1) is 38.5. The van der Waals surface area contributed by atoms with Crippen molar-refractivity contribution in [2.24, 2.45) is 0 Å². The Labute approximate surface area is 477 Å². The fourth-order valence-corrected chi connectivity index (χ4v) is 10.6. The summed E-state index contributed by atoms with van der Waals surface area (Å²) >= 11 is 0. The van der Waals surface area contributed by atoms with Gasteiger partial charge >= 0.3 is 0 Å². The largest absolute Gasteiger partial charge is 0.510 e. The molecular weight excluding hydrogens is 1120 g/mol. The number of ether oxygens (including phenoxy) is 1. The topological polar surface area (TPSA) is 35.9 Å². The van der Waals surface area contributed by atoms with Gasteiger partial charge < -0.3 is 13.9 Å². The number of aromatic nitrogens is 4. The summed E-state index contributed by atoms with van der Waals surface area (Å²) in [6.07, 6.45) is 7.73. The van der Waals surface area contributed by atoms with E-state index in [1.807, 2.05) is 82.1 Å². The van der Waals surface area contributed by atoms with Gasteiger partial charge in [0.25, 0.3) is 6.33 Å². The van der Waals surface area contributed by atoms with E-state index in [0.717, 1.165) is 84.9 Å². The first kappa shape index (κ1) is 46.9. The molecule has 6 heteroatoms. The van der Waals surface area contributed by atoms with Crippen LogP contribution in [0.2, 0.25) is 0 Å². The molecule has 0 N–H and O–H groups in total. The summed E-state index contributed by atoms with van der Waals surface area (Å²) in [6, 6.07) is 55.4. The zero-order chi connectivity index (χ0) is 57.4. The monoisotopic (exact) mass is 1190 g/mol. The minimum atomic E-state index is -0.445. The van der Waals surface area contributed by atoms with Crippen LogP contribution in [-0.4, -0.2) is 14.1 Å². The van der Waals surface area contributed by atoms with E-state index in [4.69, 9.17) is 13.8 Å². The van der Waals surface area contributed by atoms with Crippen molar-refractivity contribution in [2.75, 3.05) is 0 Å². The number of pyridine rings is 1. The SMILES string of the molecule is [2H]c1c([2H])c([2H])c(-c2cccc(-c3cc(C(C)(C)C)cc(C(C)(C)C)c3)c2-[n+]2[c-]n(-c3[c-]c(Oc4[c-]c5c(cc4)c4ccccc4n5-c4cc(C(CC)CC)c(-c5ccc(C(C)(C)C)cc5)cn4)ccc3)c3ccccc32)c([2H])c1[2H].[Pt]. The third kappa shape index (κ3) is 10.2. The average Bonchev–Trinajstić information content (AvgIpc) is 2.51. The van der Waals surface area contributed by atoms with Crippen LogP contribution in [0.15, 0.2) is 182 Å². The normalized spacial score (nSPS) is 13.1. The number of imidazole rings is 1. The molecular formula is C71H68N4OPt-2. The van der Waals surface area contributed by atoms with Crippen molar-refractivity contribution in [3.05, 3.63) is 223 Å². The Bertz CT molecular complexity index is 4190. The molecule has 0 fully saturated rings. The van der Waals surface area contributed by atoms with Gasteiger partial charge in [-0.05, 0) is 108 Å². The molecule has 390 valence electrons. The molecule has 0 unspecified atom stereocenters. The first-order valence-corrected chi connectivity index (χ1v) is 26.6. The summed E-state index contributed by atoms with van der Waals surface area (Å²) in [5.74, 6) is 2.12. The molecule has 5 nitrogen and oxygen atoms in total. The number of hydrogen-bond donors (Lipinski definition) is 0. The molecule has 3 heterocycles. The van der Waals surface area contributed by atoms with Crippen molar-refractivity contribution in [1.29, 1.82) is 0 Å². The first-order valence-electron chi connectivity index (χ1n) is 29.1. The van der Waals surface area contributed by atoms with Gasteiger partial charge in [-0.2, -0.15) is 18.2 Å². The van der Waals surface area contributed by atoms with Crippen LogP contribution in [0.25, 0.3) is 83.4 Å². The fraction of sp³-hybridized carbons (Fsp3) is 0.239. The third-order valence-corrected chi connectivity index (χ3v) is 15.0. The molecule has 77 heavy (non-hydrogen) atoms. The van der Waals surface area contributed by atoms with Crippen molar-refractivity contribution >= 4 is 32.8 Å². The van der Waals surface area contributed by atoms with Crippen LogP contribution in [0.1, 0.15) is 124 Å². The molecule has 0 aliphatic heterocycles. The van der Waals surface area contributed by atoms with E-state index in [-0.39, 0.29) is 55.0 Å². The smallest absolute Gasteiger partial charge is 0.268 e. The van der Waals surface area contributed by atoms with Gasteiger partial charge in [0.2, 0.25) is 0 Å². The standard InChI is InChI=1S/C71H68N4O.Pt/c1-12-47(13-2)61-44-67(72-45-62(61)49-33-35-51(36-34-49)69(3,4)5)75-63-30-18-17-27-59(63)60-38-37-56(43-66(60)75)76-55-26-21-25-54(42-55)73-46-74(65-32-20-19-31-64(65)73)68-57(48-23-15-14-16-24-48)28-22-29-58(68)50-39-52(70(6,7)8)41-53(40-50)71(9,10)11;/h14-41,44-45,47H,12-13H2,1-11H3;/q-2;/i14D,15D,16D,23D,24D;. The molecule has 11 aromatic rings. The van der Waals surface area contributed by atoms with Crippen LogP contribution in [-0.2, 0) is 37.3 Å². The van der Waals surface area contributed by atoms with E-state index >= 15 is 0 Å². The zero-order valence-electron chi connectivity index (χ0n) is 50.9. The Morgan fingerprint density at radius 3 is 1.87 bits per heavy atom. The second kappa shape index (κ2) is 20.9. The van der Waals surface area contributed by atoms with E-state index in [9.17, 15) is 2.74 Å². The molecule has 0 saturated heterocycles. The minimum absolute atomic E-state index is 0. The third-order valence-electron chi connectivity index (χ3n) is 15.0. The molecule has 0 aliphatic carbocycles. The van der Waals surface area contributed by atoms with Gasteiger partial charge in [0.15, 0.2) is 0 Å². The van der Waals surface area contributed by atoms with Crippen molar-refractivity contribution < 1.29 is 37.2 Å². The van der Waals surface area contributed by atoms with Gasteiger partial charge in [-0.3, -0.25) is 4.57 Å². The molecule has 11 rings (SSSR count). The predicted octanol–water partition coefficient (Wildman–Crippen LogP) is 18.4. The van der Waals surface area contributed by atoms with Gasteiger partial charge in [0.1, 0.15) is 5.82 Å². The Morgan fingerprint density at radius 1 is 0.571 bits per heavy atom. The Kier molecular flexibility index (Phi) is 12.7. The second-order valence-electron chi connectivity index (χ2n) is 23.2. The molecule has 0 radical (unpaired) electrons. The van der Waals surface area contributed by atoms with Crippen molar-refractivity contribution in [3.8, 4) is 62.1 Å². The quantitative estimate of drug-likeness (QED) is 0.0956. The van der Waals surface area contributed by atoms with Gasteiger partial charge in [-0.1, -0.05) is 215 Å². The molecule has 0 aliphatic rings. The van der Waals surface area contributed by atoms with Crippen LogP contribution in [0, 0.1) is 18.5 Å². The van der Waals surface area contributed by atoms with E-state index in [2.05, 4.69) is 178 Å². The summed E-state index contributed by atoms with van der Waals surface area (Å²) in [5.41, 5.74) is 13.9. The predicted molar refractivity (Wildman–Crippen MR) is 316 cm³/mol. The summed E-state index contributed by atoms with van der Waals surface area (Å²) < 4.78 is 57.4. The molecule has 0 spiro atoms. The second-order valence-corrected chi connectivity index (χ2v) is 23.2. The molecule has 0 saturated carbocycles. The van der Waals surface area contributed by atoms with Crippen molar-refractivity contribution in [3.63, 3.8) is 0 Å². The van der Waals surface area contributed by atoms with E-state index in [0.29, 0.717) is 34.4 Å². The maximum Gasteiger partial charge on any atom is 0.268 e. The van der Waals surface area contributed by atoms with Gasteiger partial charge in [0, 0.05) is 49.8 Å². The number of nitrogens with zero attached hydrogens (tertiary/aromatic N) is 4. The number of fused-ring (bicyclic) bond motifs is 4. The number of hydrogen-bond acceptors (Lipinski definition) is 2. The van der Waals surface area contributed by atoms with E-state index in [1.165, 1.54) is 11.1 Å². The number of para-hydroxylation sites is 4. The molecule has 0 bridgehead atoms. The van der Waals surface area contributed by atoms with Crippen LogP contribution in [0.5, 0.6) is 11.5 Å². The summed E-state index contributed by atoms with van der Waals surface area (Å²) in [4.78, 5) is 5.22. The molecule has 3 aromatic heterocycles. The molecule has 8 aromatic carbocycles. The number of benzene rings is 8. The summed E-state index contributed by atoms with van der Waals surface area (Å²) in [5, 5.41) is 2.12. The van der Waals surface area contributed by atoms with Crippen molar-refractivity contribution in [1.82, 2.24) is 14.1 Å². The zero-order valence-corrected chi connectivity index (χ0v) is 48.2. The Balaban J connectivity index is 0.00000753. The summed E-state index contributed by atoms with van der Waals surface area (Å²) in [7, 11) is 0. The van der Waals surface area contributed by atoms with E-state index in [1.54, 1.807) is 0 Å². The fourth-order valence-electron chi connectivity index (χ4n) is 10.6. The van der Waals surface area contributed by atoms with Crippen LogP contribution in [0.3, 0.4) is 0 Å². The van der Waals surface area contributed by atoms with Gasteiger partial charge in [-0.15, -0.1) is 29.7 Å². The minimum Gasteiger partial charge on any atom is -0.510 e. The molecule has 0 atom stereocenters. The Morgan fingerprint density at radius 2 is 1.19 bits per heavy atom. The average molecular weight is 1190 g/mol. The summed E-state index contributed by atoms with van der Waals surface area (Å²) in [6.45, 7) is 24.5. The van der Waals surface area contributed by atoms with Gasteiger partial charge in [0.05, 0.1) is 23.6 Å². The van der Waals surface area contributed by atoms with Crippen LogP contribution in [0.4, 0.5) is 0 Å². The maximum atomic E-state index is 9.26. The molecule has 0 amide bonds. The van der Waals surface area contributed by atoms with E-state index < -0.39 is 18.1 Å². The van der Waals surface area contributed by atoms with Crippen molar-refractivity contribution in [2.45, 2.75) is 111 Å². The van der Waals surface area contributed by atoms with Crippen LogP contribution < -0.4 is 9.30 Å². The van der Waals surface area contributed by atoms with Crippen LogP contribution >= 0.6 is 0 Å². The van der Waals surface area contributed by atoms with Gasteiger partial charge in [-0.25, -0.2) is 4.98 Å². The number of rotatable bonds is 11. The maximum absolute atomic E-state index is 9.26. The Hall–Kier alpha value is -7.33.